The van der Waals surface area contributed by atoms with Crippen LogP contribution in [0, 0.1) is 0 Å². The normalized spacial score (nSPS) is 7.50. The van der Waals surface area contributed by atoms with E-state index in [2.05, 4.69) is 0 Å². The SMILES string of the molecule is [BaH2].[BiH3].[KH].[OH][Ti]([OH])([OH])[OH]. The molecule has 0 aromatic carbocycles. The fourth-order valence-electron chi connectivity index (χ4n) is 0. The van der Waals surface area contributed by atoms with E-state index in [1.807, 2.05) is 0 Å². The number of rotatable bonds is 0. The van der Waals surface area contributed by atoms with Gasteiger partial charge in [0, 0.05) is 0 Å². The average Bonchev–Trinajstić information content (AvgIpc) is 0.722. The van der Waals surface area contributed by atoms with Gasteiger partial charge < -0.3 is 0 Å². The van der Waals surface area contributed by atoms with Crippen molar-refractivity contribution >= 4 is 126 Å². The van der Waals surface area contributed by atoms with Gasteiger partial charge in [-0.1, -0.05) is 0 Å². The Hall–Kier alpha value is 4.65. The van der Waals surface area contributed by atoms with E-state index in [0.29, 0.717) is 0 Å². The monoisotopic (exact) mass is 508 g/mol. The van der Waals surface area contributed by atoms with Gasteiger partial charge in [-0.2, -0.15) is 0 Å². The quantitative estimate of drug-likeness (QED) is 0.248. The molecule has 46 valence electrons. The van der Waals surface area contributed by atoms with Gasteiger partial charge in [-0.15, -0.1) is 0 Å². The van der Waals surface area contributed by atoms with Crippen molar-refractivity contribution in [3.63, 3.8) is 0 Å². The Labute approximate surface area is 154 Å². The van der Waals surface area contributed by atoms with Crippen molar-refractivity contribution < 1.29 is 32.9 Å². The molecule has 0 aromatic heterocycles. The first kappa shape index (κ1) is 22.9. The van der Waals surface area contributed by atoms with Crippen LogP contribution in [0.4, 0.5) is 0 Å². The van der Waals surface area contributed by atoms with Gasteiger partial charge in [-0.05, 0) is 0 Å². The molecule has 0 rings (SSSR count). The van der Waals surface area contributed by atoms with Gasteiger partial charge in [0.15, 0.2) is 0 Å². The summed E-state index contributed by atoms with van der Waals surface area (Å²) >= 11 is -5.00. The molecule has 0 saturated heterocycles. The van der Waals surface area contributed by atoms with Gasteiger partial charge in [-0.25, -0.2) is 0 Å². The molecule has 8 heavy (non-hydrogen) atoms. The molecule has 0 bridgehead atoms. The summed E-state index contributed by atoms with van der Waals surface area (Å²) in [6.07, 6.45) is 0. The van der Waals surface area contributed by atoms with Crippen LogP contribution in [0.5, 0.6) is 0 Å². The molecule has 4 nitrogen and oxygen atoms in total. The molecule has 0 aliphatic carbocycles. The zero-order valence-electron chi connectivity index (χ0n) is 3.00. The Morgan fingerprint density at radius 3 is 0.875 bits per heavy atom. The first-order valence-corrected chi connectivity index (χ1v) is 3.69. The molecule has 0 radical (unpaired) electrons. The van der Waals surface area contributed by atoms with Crippen molar-refractivity contribution in [2.75, 3.05) is 0 Å². The summed E-state index contributed by atoms with van der Waals surface area (Å²) in [7, 11) is 0. The molecule has 0 heterocycles. The topological polar surface area (TPSA) is 80.9 Å². The van der Waals surface area contributed by atoms with Gasteiger partial charge in [0.25, 0.3) is 0 Å². The van der Waals surface area contributed by atoms with Crippen LogP contribution in [0.25, 0.3) is 0 Å². The number of hydrogen-bond donors (Lipinski definition) is 4. The fraction of sp³-hybridized carbons (Fsp3) is 0. The van der Waals surface area contributed by atoms with E-state index in [4.69, 9.17) is 14.8 Å². The Morgan fingerprint density at radius 2 is 0.875 bits per heavy atom. The van der Waals surface area contributed by atoms with Gasteiger partial charge in [0.1, 0.15) is 0 Å². The van der Waals surface area contributed by atoms with Crippen LogP contribution in [0.15, 0.2) is 0 Å². The van der Waals surface area contributed by atoms with E-state index >= 15 is 0 Å². The molecule has 0 aliphatic rings. The third-order valence-electron chi connectivity index (χ3n) is 0. The van der Waals surface area contributed by atoms with Crippen LogP contribution >= 0.6 is 0 Å². The van der Waals surface area contributed by atoms with Gasteiger partial charge >= 0.3 is 159 Å². The van der Waals surface area contributed by atoms with Crippen molar-refractivity contribution in [1.29, 1.82) is 0 Å². The summed E-state index contributed by atoms with van der Waals surface area (Å²) in [5.74, 6) is 0. The molecule has 0 aromatic rings. The predicted octanol–water partition coefficient (Wildman–Crippen LogP) is -4.98. The van der Waals surface area contributed by atoms with E-state index < -0.39 is 18.1 Å². The van der Waals surface area contributed by atoms with E-state index in [-0.39, 0.29) is 126 Å². The zero-order valence-corrected chi connectivity index (χ0v) is 10.1. The molecule has 4 N–H and O–H groups in total. The molecule has 8 heteroatoms. The summed E-state index contributed by atoms with van der Waals surface area (Å²) in [6, 6.07) is 0. The first-order valence-electron chi connectivity index (χ1n) is 0.894. The van der Waals surface area contributed by atoms with Crippen LogP contribution < -0.4 is 0 Å². The van der Waals surface area contributed by atoms with E-state index in [0.717, 1.165) is 0 Å². The Morgan fingerprint density at radius 1 is 0.875 bits per heavy atom. The standard InChI is InChI=1S/Ba.Bi.K.4H2O.Ti.6H/h;;;4*1H2;;;;;;;/q;;;;;;;+4;;;;;;/p-4. The van der Waals surface area contributed by atoms with Crippen LogP contribution in [0.1, 0.15) is 0 Å². The maximum absolute atomic E-state index is 7.38. The molecule has 0 spiro atoms. The zero-order chi connectivity index (χ0) is 4.50. The summed E-state index contributed by atoms with van der Waals surface area (Å²) in [5, 5.41) is 0. The van der Waals surface area contributed by atoms with Crippen LogP contribution in [0.3, 0.4) is 0 Å². The third-order valence-corrected chi connectivity index (χ3v) is 0. The van der Waals surface area contributed by atoms with Crippen LogP contribution in [0.2, 0.25) is 0 Å². The van der Waals surface area contributed by atoms with Crippen molar-refractivity contribution in [3.8, 4) is 0 Å². The van der Waals surface area contributed by atoms with Crippen LogP contribution in [-0.2, 0) is 18.1 Å². The molecule has 0 fully saturated rings. The Kier molecular flexibility index (Phi) is 33.4. The molecule has 0 amide bonds. The van der Waals surface area contributed by atoms with Gasteiger partial charge in [0.05, 0.1) is 0 Å². The molecular weight excluding hydrogens is 497 g/mol. The molecule has 0 saturated carbocycles. The Bertz CT molecular complexity index is 31.5. The van der Waals surface area contributed by atoms with Crippen molar-refractivity contribution in [1.82, 2.24) is 0 Å². The summed E-state index contributed by atoms with van der Waals surface area (Å²) in [4.78, 5) is 0. The van der Waals surface area contributed by atoms with Gasteiger partial charge in [0.2, 0.25) is 0 Å². The average molecular weight is 507 g/mol. The second-order valence-corrected chi connectivity index (χ2v) is 2.47. The van der Waals surface area contributed by atoms with Crippen molar-refractivity contribution in [3.05, 3.63) is 0 Å². The Balaban J connectivity index is -0.0000000267. The molecule has 0 atom stereocenters. The summed E-state index contributed by atoms with van der Waals surface area (Å²) in [6.45, 7) is 0. The summed E-state index contributed by atoms with van der Waals surface area (Å²) in [5.41, 5.74) is 0. The second kappa shape index (κ2) is 11.6. The first-order chi connectivity index (χ1) is 2.00. The molecular formula is H10BaBiKO4Ti. The van der Waals surface area contributed by atoms with E-state index in [1.165, 1.54) is 0 Å². The van der Waals surface area contributed by atoms with Crippen molar-refractivity contribution in [2.45, 2.75) is 0 Å². The minimum absolute atomic E-state index is 0. The van der Waals surface area contributed by atoms with Gasteiger partial charge in [-0.3, -0.25) is 0 Å². The maximum atomic E-state index is 7.38. The second-order valence-electron chi connectivity index (χ2n) is 0.600. The predicted molar refractivity (Wildman–Crippen MR) is 34.5 cm³/mol. The van der Waals surface area contributed by atoms with Crippen LogP contribution in [-0.4, -0.2) is 141 Å². The molecule has 0 aliphatic heterocycles. The summed E-state index contributed by atoms with van der Waals surface area (Å²) < 4.78 is 29.5. The van der Waals surface area contributed by atoms with E-state index in [1.54, 1.807) is 0 Å². The van der Waals surface area contributed by atoms with E-state index in [9.17, 15) is 0 Å². The fourth-order valence-corrected chi connectivity index (χ4v) is 0. The van der Waals surface area contributed by atoms with Crippen molar-refractivity contribution in [2.24, 2.45) is 0 Å². The molecule has 0 unspecified atom stereocenters. The minimum atomic E-state index is -5.00. The number of hydrogen-bond acceptors (Lipinski definition) is 4. The third kappa shape index (κ3) is 45.9.